The van der Waals surface area contributed by atoms with Crippen molar-refractivity contribution in [3.05, 3.63) is 28.7 Å². The summed E-state index contributed by atoms with van der Waals surface area (Å²) in [6, 6.07) is 6.26. The quantitative estimate of drug-likeness (QED) is 0.792. The summed E-state index contributed by atoms with van der Waals surface area (Å²) in [6.07, 6.45) is 0.650. The lowest BCUT2D eigenvalue weighted by molar-refractivity contribution is -0.126. The fourth-order valence-corrected chi connectivity index (χ4v) is 4.51. The number of halogens is 1. The summed E-state index contributed by atoms with van der Waals surface area (Å²) in [5.41, 5.74) is 0. The van der Waals surface area contributed by atoms with Crippen LogP contribution in [0.1, 0.15) is 20.3 Å². The van der Waals surface area contributed by atoms with Crippen LogP contribution < -0.4 is 0 Å². The van der Waals surface area contributed by atoms with Crippen LogP contribution in [0.3, 0.4) is 0 Å². The number of sulfonamides is 1. The molecule has 1 amide bonds. The highest BCUT2D eigenvalue weighted by atomic mass is 79.9. The monoisotopic (exact) mass is 390 g/mol. The van der Waals surface area contributed by atoms with Gasteiger partial charge in [-0.15, -0.1) is 4.40 Å². The summed E-state index contributed by atoms with van der Waals surface area (Å²) in [5.74, 6) is -0.0743. The molecule has 1 atom stereocenters. The van der Waals surface area contributed by atoms with Crippen molar-refractivity contribution in [2.75, 3.05) is 6.54 Å². The van der Waals surface area contributed by atoms with Gasteiger partial charge in [-0.1, -0.05) is 34.6 Å². The lowest BCUT2D eigenvalue weighted by Crippen LogP contribution is -2.32. The predicted octanol–water partition coefficient (Wildman–Crippen LogP) is 2.87. The standard InChI is InChI=1S/C13H15BrN2O3S2/c1-3-11-12(17)16(4-2)13(20-11)15-21(18,19)10-7-5-9(14)6-8-10/h5-8,11H,3-4H2,1-2H3/b15-13+. The molecule has 2 rings (SSSR count). The number of amidine groups is 1. The molecule has 1 aromatic rings. The third-order valence-electron chi connectivity index (χ3n) is 3.02. The summed E-state index contributed by atoms with van der Waals surface area (Å²) in [7, 11) is -3.81. The van der Waals surface area contributed by atoms with Crippen LogP contribution in [0, 0.1) is 0 Å². The average molecular weight is 391 g/mol. The number of hydrogen-bond acceptors (Lipinski definition) is 4. The van der Waals surface area contributed by atoms with Crippen LogP contribution in [0.2, 0.25) is 0 Å². The number of benzene rings is 1. The van der Waals surface area contributed by atoms with Crippen LogP contribution in [-0.2, 0) is 14.8 Å². The molecule has 0 saturated carbocycles. The van der Waals surface area contributed by atoms with Crippen molar-refractivity contribution in [1.29, 1.82) is 0 Å². The minimum absolute atomic E-state index is 0.0743. The van der Waals surface area contributed by atoms with Gasteiger partial charge in [0.25, 0.3) is 10.0 Å². The Labute approximate surface area is 137 Å². The first kappa shape index (κ1) is 16.5. The van der Waals surface area contributed by atoms with E-state index in [4.69, 9.17) is 0 Å². The molecule has 1 aromatic carbocycles. The number of hydrogen-bond donors (Lipinski definition) is 0. The van der Waals surface area contributed by atoms with E-state index in [2.05, 4.69) is 20.3 Å². The predicted molar refractivity (Wildman–Crippen MR) is 87.8 cm³/mol. The maximum Gasteiger partial charge on any atom is 0.284 e. The van der Waals surface area contributed by atoms with Crippen molar-refractivity contribution in [3.8, 4) is 0 Å². The average Bonchev–Trinajstić information content (AvgIpc) is 2.74. The Bertz CT molecular complexity index is 671. The van der Waals surface area contributed by atoms with E-state index in [0.29, 0.717) is 13.0 Å². The van der Waals surface area contributed by atoms with E-state index in [1.807, 2.05) is 6.92 Å². The molecule has 1 aliphatic rings. The second-order valence-corrected chi connectivity index (χ2v) is 8.09. The molecular formula is C13H15BrN2O3S2. The molecule has 0 bridgehead atoms. The van der Waals surface area contributed by atoms with Gasteiger partial charge in [0, 0.05) is 11.0 Å². The molecule has 0 aliphatic carbocycles. The van der Waals surface area contributed by atoms with Crippen LogP contribution in [0.15, 0.2) is 38.0 Å². The molecule has 5 nitrogen and oxygen atoms in total. The molecule has 1 unspecified atom stereocenters. The molecular weight excluding hydrogens is 376 g/mol. The third kappa shape index (κ3) is 3.49. The van der Waals surface area contributed by atoms with E-state index in [9.17, 15) is 13.2 Å². The zero-order chi connectivity index (χ0) is 15.6. The molecule has 21 heavy (non-hydrogen) atoms. The first-order valence-electron chi connectivity index (χ1n) is 6.47. The van der Waals surface area contributed by atoms with Crippen molar-refractivity contribution in [1.82, 2.24) is 4.90 Å². The zero-order valence-corrected chi connectivity index (χ0v) is 14.8. The molecule has 1 fully saturated rings. The van der Waals surface area contributed by atoms with Crippen LogP contribution >= 0.6 is 27.7 Å². The molecule has 0 aromatic heterocycles. The van der Waals surface area contributed by atoms with Crippen molar-refractivity contribution in [2.45, 2.75) is 30.4 Å². The Morgan fingerprint density at radius 3 is 2.43 bits per heavy atom. The fraction of sp³-hybridized carbons (Fsp3) is 0.385. The van der Waals surface area contributed by atoms with Gasteiger partial charge in [0.15, 0.2) is 5.17 Å². The number of nitrogens with zero attached hydrogens (tertiary/aromatic N) is 2. The van der Waals surface area contributed by atoms with E-state index in [-0.39, 0.29) is 21.2 Å². The number of rotatable bonds is 4. The Kier molecular flexibility index (Phi) is 5.11. The highest BCUT2D eigenvalue weighted by molar-refractivity contribution is 9.10. The van der Waals surface area contributed by atoms with E-state index < -0.39 is 10.0 Å². The van der Waals surface area contributed by atoms with Crippen molar-refractivity contribution < 1.29 is 13.2 Å². The Morgan fingerprint density at radius 1 is 1.29 bits per heavy atom. The van der Waals surface area contributed by atoms with Gasteiger partial charge >= 0.3 is 0 Å². The summed E-state index contributed by atoms with van der Waals surface area (Å²) in [4.78, 5) is 13.6. The van der Waals surface area contributed by atoms with E-state index in [0.717, 1.165) is 4.47 Å². The molecule has 8 heteroatoms. The van der Waals surface area contributed by atoms with Gasteiger partial charge in [0.2, 0.25) is 5.91 Å². The SMILES string of the molecule is CCC1S/C(=N/S(=O)(=O)c2ccc(Br)cc2)N(CC)C1=O. The van der Waals surface area contributed by atoms with Crippen molar-refractivity contribution in [3.63, 3.8) is 0 Å². The smallest absolute Gasteiger partial charge is 0.284 e. The Hall–Kier alpha value is -0.860. The lowest BCUT2D eigenvalue weighted by atomic mass is 10.3. The van der Waals surface area contributed by atoms with Crippen molar-refractivity contribution in [2.24, 2.45) is 4.40 Å². The molecule has 0 spiro atoms. The number of carbonyl (C=O) groups excluding carboxylic acids is 1. The molecule has 114 valence electrons. The van der Waals surface area contributed by atoms with Gasteiger partial charge in [0.1, 0.15) is 0 Å². The number of amides is 1. The highest BCUT2D eigenvalue weighted by Crippen LogP contribution is 2.30. The largest absolute Gasteiger partial charge is 0.290 e. The molecule has 1 aliphatic heterocycles. The van der Waals surface area contributed by atoms with E-state index in [1.54, 1.807) is 19.1 Å². The summed E-state index contributed by atoms with van der Waals surface area (Å²) in [5, 5.41) is 0.0149. The molecule has 0 radical (unpaired) electrons. The fourth-order valence-electron chi connectivity index (χ4n) is 1.89. The molecule has 1 heterocycles. The summed E-state index contributed by atoms with van der Waals surface area (Å²) < 4.78 is 29.3. The van der Waals surface area contributed by atoms with Gasteiger partial charge in [-0.25, -0.2) is 0 Å². The zero-order valence-electron chi connectivity index (χ0n) is 11.6. The minimum Gasteiger partial charge on any atom is -0.290 e. The Morgan fingerprint density at radius 2 is 1.90 bits per heavy atom. The lowest BCUT2D eigenvalue weighted by Gasteiger charge is -2.12. The topological polar surface area (TPSA) is 66.8 Å². The van der Waals surface area contributed by atoms with E-state index in [1.165, 1.54) is 28.8 Å². The van der Waals surface area contributed by atoms with Gasteiger partial charge in [-0.2, -0.15) is 8.42 Å². The van der Waals surface area contributed by atoms with Gasteiger partial charge < -0.3 is 0 Å². The third-order valence-corrected chi connectivity index (χ3v) is 6.28. The second kappa shape index (κ2) is 6.50. The minimum atomic E-state index is -3.81. The summed E-state index contributed by atoms with van der Waals surface area (Å²) >= 11 is 4.47. The molecule has 1 saturated heterocycles. The van der Waals surface area contributed by atoms with Crippen LogP contribution in [-0.4, -0.2) is 36.2 Å². The van der Waals surface area contributed by atoms with Gasteiger partial charge in [-0.05, 0) is 37.6 Å². The van der Waals surface area contributed by atoms with E-state index >= 15 is 0 Å². The second-order valence-electron chi connectivity index (χ2n) is 4.40. The first-order chi connectivity index (χ1) is 9.89. The van der Waals surface area contributed by atoms with Gasteiger partial charge in [-0.3, -0.25) is 9.69 Å². The highest BCUT2D eigenvalue weighted by Gasteiger charge is 2.37. The van der Waals surface area contributed by atoms with Crippen molar-refractivity contribution >= 4 is 48.8 Å². The number of carbonyl (C=O) groups is 1. The normalized spacial score (nSPS) is 21.3. The van der Waals surface area contributed by atoms with Crippen LogP contribution in [0.25, 0.3) is 0 Å². The Balaban J connectivity index is 2.37. The maximum atomic E-state index is 12.3. The van der Waals surface area contributed by atoms with Crippen LogP contribution in [0.4, 0.5) is 0 Å². The van der Waals surface area contributed by atoms with Crippen LogP contribution in [0.5, 0.6) is 0 Å². The first-order valence-corrected chi connectivity index (χ1v) is 9.59. The molecule has 0 N–H and O–H groups in total. The maximum absolute atomic E-state index is 12.3. The number of thioether (sulfide) groups is 1. The summed E-state index contributed by atoms with van der Waals surface area (Å²) in [6.45, 7) is 4.12. The van der Waals surface area contributed by atoms with Gasteiger partial charge in [0.05, 0.1) is 10.1 Å².